The SMILES string of the molecule is CCC1C(=O)NC(C)C(=O)N1C(C)c1cccc(Br)c1. The number of hydrogen-bond acceptors (Lipinski definition) is 2. The average Bonchev–Trinajstić information content (AvgIpc) is 2.41. The van der Waals surface area contributed by atoms with Crippen LogP contribution in [0.15, 0.2) is 28.7 Å². The van der Waals surface area contributed by atoms with Crippen LogP contribution >= 0.6 is 15.9 Å². The van der Waals surface area contributed by atoms with Crippen LogP contribution in [0.1, 0.15) is 38.8 Å². The molecule has 0 saturated carbocycles. The predicted molar refractivity (Wildman–Crippen MR) is 81.1 cm³/mol. The molecule has 1 saturated heterocycles. The summed E-state index contributed by atoms with van der Waals surface area (Å²) in [5.41, 5.74) is 1.02. The van der Waals surface area contributed by atoms with Gasteiger partial charge in [-0.15, -0.1) is 0 Å². The molecule has 1 N–H and O–H groups in total. The summed E-state index contributed by atoms with van der Waals surface area (Å²) < 4.78 is 0.969. The van der Waals surface area contributed by atoms with Gasteiger partial charge in [0.2, 0.25) is 11.8 Å². The van der Waals surface area contributed by atoms with E-state index in [1.807, 2.05) is 38.1 Å². The molecule has 0 aliphatic carbocycles. The van der Waals surface area contributed by atoms with E-state index in [2.05, 4.69) is 21.2 Å². The zero-order chi connectivity index (χ0) is 14.9. The number of rotatable bonds is 3. The van der Waals surface area contributed by atoms with Crippen molar-refractivity contribution in [2.24, 2.45) is 0 Å². The van der Waals surface area contributed by atoms with Crippen LogP contribution in [-0.4, -0.2) is 28.8 Å². The van der Waals surface area contributed by atoms with E-state index in [0.29, 0.717) is 6.42 Å². The quantitative estimate of drug-likeness (QED) is 0.920. The van der Waals surface area contributed by atoms with Gasteiger partial charge in [0.15, 0.2) is 0 Å². The van der Waals surface area contributed by atoms with Crippen molar-refractivity contribution in [3.63, 3.8) is 0 Å². The second kappa shape index (κ2) is 5.95. The Labute approximate surface area is 127 Å². The molecule has 3 atom stereocenters. The van der Waals surface area contributed by atoms with Crippen molar-refractivity contribution in [1.82, 2.24) is 10.2 Å². The zero-order valence-corrected chi connectivity index (χ0v) is 13.5. The standard InChI is InChI=1S/C15H19BrN2O2/c1-4-13-14(19)17-9(2)15(20)18(13)10(3)11-6-5-7-12(16)8-11/h5-10,13H,4H2,1-3H3,(H,17,19). The third-order valence-corrected chi connectivity index (χ3v) is 4.25. The number of halogens is 1. The van der Waals surface area contributed by atoms with Gasteiger partial charge in [-0.25, -0.2) is 0 Å². The smallest absolute Gasteiger partial charge is 0.246 e. The minimum Gasteiger partial charge on any atom is -0.343 e. The highest BCUT2D eigenvalue weighted by Crippen LogP contribution is 2.28. The predicted octanol–water partition coefficient (Wildman–Crippen LogP) is 2.64. The van der Waals surface area contributed by atoms with E-state index in [-0.39, 0.29) is 17.9 Å². The Morgan fingerprint density at radius 3 is 2.70 bits per heavy atom. The van der Waals surface area contributed by atoms with Gasteiger partial charge in [0, 0.05) is 4.47 Å². The fourth-order valence-electron chi connectivity index (χ4n) is 2.64. The maximum Gasteiger partial charge on any atom is 0.246 e. The first-order chi connectivity index (χ1) is 9.45. The van der Waals surface area contributed by atoms with Crippen LogP contribution in [0.25, 0.3) is 0 Å². The summed E-state index contributed by atoms with van der Waals surface area (Å²) in [7, 11) is 0. The molecule has 1 aliphatic heterocycles. The molecular formula is C15H19BrN2O2. The molecule has 1 aromatic carbocycles. The number of amides is 2. The summed E-state index contributed by atoms with van der Waals surface area (Å²) in [5, 5.41) is 2.74. The summed E-state index contributed by atoms with van der Waals surface area (Å²) in [6, 6.07) is 6.87. The lowest BCUT2D eigenvalue weighted by Crippen LogP contribution is -2.62. The summed E-state index contributed by atoms with van der Waals surface area (Å²) in [4.78, 5) is 26.2. The van der Waals surface area contributed by atoms with Crippen molar-refractivity contribution >= 4 is 27.7 Å². The number of nitrogens with zero attached hydrogens (tertiary/aromatic N) is 1. The fourth-order valence-corrected chi connectivity index (χ4v) is 3.06. The average molecular weight is 339 g/mol. The molecule has 1 aliphatic rings. The largest absolute Gasteiger partial charge is 0.343 e. The molecule has 2 rings (SSSR count). The monoisotopic (exact) mass is 338 g/mol. The van der Waals surface area contributed by atoms with E-state index >= 15 is 0 Å². The maximum atomic E-state index is 12.4. The number of hydrogen-bond donors (Lipinski definition) is 1. The normalized spacial score (nSPS) is 24.5. The molecule has 1 aromatic rings. The van der Waals surface area contributed by atoms with Crippen LogP contribution in [0, 0.1) is 0 Å². The Morgan fingerprint density at radius 2 is 2.10 bits per heavy atom. The van der Waals surface area contributed by atoms with Gasteiger partial charge in [-0.3, -0.25) is 9.59 Å². The fraction of sp³-hybridized carbons (Fsp3) is 0.467. The Kier molecular flexibility index (Phi) is 4.48. The van der Waals surface area contributed by atoms with Crippen LogP contribution in [0.4, 0.5) is 0 Å². The van der Waals surface area contributed by atoms with E-state index in [1.165, 1.54) is 0 Å². The molecule has 1 fully saturated rings. The summed E-state index contributed by atoms with van der Waals surface area (Å²) in [6.07, 6.45) is 0.614. The molecular weight excluding hydrogens is 320 g/mol. The summed E-state index contributed by atoms with van der Waals surface area (Å²) in [6.45, 7) is 5.62. The zero-order valence-electron chi connectivity index (χ0n) is 11.9. The van der Waals surface area contributed by atoms with Gasteiger partial charge >= 0.3 is 0 Å². The Bertz CT molecular complexity index is 532. The van der Waals surface area contributed by atoms with Crippen molar-refractivity contribution in [3.8, 4) is 0 Å². The maximum absolute atomic E-state index is 12.4. The van der Waals surface area contributed by atoms with Gasteiger partial charge in [0.25, 0.3) is 0 Å². The molecule has 1 heterocycles. The molecule has 20 heavy (non-hydrogen) atoms. The first kappa shape index (κ1) is 15.0. The Hall–Kier alpha value is -1.36. The molecule has 0 spiro atoms. The minimum atomic E-state index is -0.458. The molecule has 3 unspecified atom stereocenters. The number of carbonyl (C=O) groups excluding carboxylic acids is 2. The Morgan fingerprint density at radius 1 is 1.40 bits per heavy atom. The molecule has 0 aromatic heterocycles. The number of benzene rings is 1. The third kappa shape index (κ3) is 2.73. The second-order valence-corrected chi connectivity index (χ2v) is 6.05. The van der Waals surface area contributed by atoms with E-state index in [1.54, 1.807) is 11.8 Å². The first-order valence-corrected chi connectivity index (χ1v) is 7.63. The van der Waals surface area contributed by atoms with Crippen LogP contribution < -0.4 is 5.32 Å². The van der Waals surface area contributed by atoms with Crippen molar-refractivity contribution in [2.45, 2.75) is 45.3 Å². The van der Waals surface area contributed by atoms with Gasteiger partial charge in [-0.1, -0.05) is 35.0 Å². The van der Waals surface area contributed by atoms with Crippen molar-refractivity contribution in [2.75, 3.05) is 0 Å². The highest BCUT2D eigenvalue weighted by molar-refractivity contribution is 9.10. The molecule has 5 heteroatoms. The molecule has 108 valence electrons. The minimum absolute atomic E-state index is 0.0241. The van der Waals surface area contributed by atoms with Gasteiger partial charge in [0.05, 0.1) is 6.04 Å². The van der Waals surface area contributed by atoms with Crippen LogP contribution in [-0.2, 0) is 9.59 Å². The summed E-state index contributed by atoms with van der Waals surface area (Å²) >= 11 is 3.44. The topological polar surface area (TPSA) is 49.4 Å². The molecule has 0 radical (unpaired) electrons. The highest BCUT2D eigenvalue weighted by Gasteiger charge is 2.40. The number of nitrogens with one attached hydrogen (secondary N) is 1. The number of piperazine rings is 1. The lowest BCUT2D eigenvalue weighted by molar-refractivity contribution is -0.151. The van der Waals surface area contributed by atoms with Gasteiger partial charge in [-0.2, -0.15) is 0 Å². The van der Waals surface area contributed by atoms with E-state index in [4.69, 9.17) is 0 Å². The second-order valence-electron chi connectivity index (χ2n) is 5.13. The van der Waals surface area contributed by atoms with Crippen molar-refractivity contribution < 1.29 is 9.59 Å². The van der Waals surface area contributed by atoms with Gasteiger partial charge < -0.3 is 10.2 Å². The van der Waals surface area contributed by atoms with E-state index < -0.39 is 12.1 Å². The van der Waals surface area contributed by atoms with Crippen LogP contribution in [0.2, 0.25) is 0 Å². The lowest BCUT2D eigenvalue weighted by Gasteiger charge is -2.41. The highest BCUT2D eigenvalue weighted by atomic mass is 79.9. The first-order valence-electron chi connectivity index (χ1n) is 6.83. The van der Waals surface area contributed by atoms with E-state index in [9.17, 15) is 9.59 Å². The lowest BCUT2D eigenvalue weighted by atomic mass is 9.99. The molecule has 2 amide bonds. The molecule has 4 nitrogen and oxygen atoms in total. The van der Waals surface area contributed by atoms with Gasteiger partial charge in [0.1, 0.15) is 12.1 Å². The van der Waals surface area contributed by atoms with Crippen molar-refractivity contribution in [1.29, 1.82) is 0 Å². The van der Waals surface area contributed by atoms with Crippen molar-refractivity contribution in [3.05, 3.63) is 34.3 Å². The Balaban J connectivity index is 2.36. The van der Waals surface area contributed by atoms with Crippen LogP contribution in [0.3, 0.4) is 0 Å². The van der Waals surface area contributed by atoms with Gasteiger partial charge in [-0.05, 0) is 38.0 Å². The third-order valence-electron chi connectivity index (χ3n) is 3.76. The summed E-state index contributed by atoms with van der Waals surface area (Å²) in [5.74, 6) is -0.0922. The molecule has 0 bridgehead atoms. The number of carbonyl (C=O) groups is 2. The van der Waals surface area contributed by atoms with Crippen LogP contribution in [0.5, 0.6) is 0 Å². The van der Waals surface area contributed by atoms with E-state index in [0.717, 1.165) is 10.0 Å².